The number of hydrogen-bond acceptors (Lipinski definition) is 4. The number of esters is 1. The highest BCUT2D eigenvalue weighted by Gasteiger charge is 2.10. The molecule has 0 bridgehead atoms. The Morgan fingerprint density at radius 2 is 1.67 bits per heavy atom. The highest BCUT2D eigenvalue weighted by atomic mass is 19.1. The van der Waals surface area contributed by atoms with Crippen LogP contribution >= 0.6 is 0 Å². The molecule has 2 aromatic rings. The topological polar surface area (TPSA) is 67.4 Å². The smallest absolute Gasteiger partial charge is 0.338 e. The molecule has 0 fully saturated rings. The summed E-state index contributed by atoms with van der Waals surface area (Å²) in [5, 5.41) is 4.96. The van der Waals surface area contributed by atoms with E-state index >= 15 is 0 Å². The first-order valence-corrected chi connectivity index (χ1v) is 7.26. The summed E-state index contributed by atoms with van der Waals surface area (Å²) in [5.74, 6) is -2.49. The van der Waals surface area contributed by atoms with Crippen molar-refractivity contribution in [2.75, 3.05) is 23.8 Å². The molecule has 0 aromatic heterocycles. The third kappa shape index (κ3) is 4.52. The van der Waals surface area contributed by atoms with Gasteiger partial charge in [-0.1, -0.05) is 6.07 Å². The van der Waals surface area contributed by atoms with Crippen LogP contribution in [0.4, 0.5) is 20.2 Å². The predicted octanol–water partition coefficient (Wildman–Crippen LogP) is 3.19. The minimum atomic E-state index is -0.776. The molecule has 5 nitrogen and oxygen atoms in total. The molecular weight excluding hydrogens is 318 g/mol. The Hall–Kier alpha value is -2.96. The van der Waals surface area contributed by atoms with E-state index in [0.29, 0.717) is 11.3 Å². The molecule has 0 aliphatic heterocycles. The fraction of sp³-hybridized carbons (Fsp3) is 0.176. The zero-order valence-electron chi connectivity index (χ0n) is 12.9. The number of anilines is 2. The van der Waals surface area contributed by atoms with Gasteiger partial charge in [-0.3, -0.25) is 4.79 Å². The van der Waals surface area contributed by atoms with Gasteiger partial charge in [0.25, 0.3) is 0 Å². The summed E-state index contributed by atoms with van der Waals surface area (Å²) in [6.07, 6.45) is 0. The summed E-state index contributed by atoms with van der Waals surface area (Å²) in [4.78, 5) is 23.3. The molecule has 0 saturated heterocycles. The Balaban J connectivity index is 1.92. The van der Waals surface area contributed by atoms with E-state index in [1.807, 2.05) is 0 Å². The average Bonchev–Trinajstić information content (AvgIpc) is 2.55. The minimum Gasteiger partial charge on any atom is -0.462 e. The molecule has 0 heterocycles. The van der Waals surface area contributed by atoms with Gasteiger partial charge in [0, 0.05) is 5.69 Å². The molecule has 0 aliphatic rings. The molecule has 0 spiro atoms. The SMILES string of the molecule is CCOC(=O)c1ccc(NC(=O)CNc2c(F)cccc2F)cc1. The lowest BCUT2D eigenvalue weighted by Crippen LogP contribution is -2.22. The Kier molecular flexibility index (Phi) is 5.83. The van der Waals surface area contributed by atoms with Gasteiger partial charge < -0.3 is 15.4 Å². The first-order chi connectivity index (χ1) is 11.5. The maximum absolute atomic E-state index is 13.4. The van der Waals surface area contributed by atoms with Crippen LogP contribution in [0.1, 0.15) is 17.3 Å². The molecule has 0 atom stereocenters. The zero-order chi connectivity index (χ0) is 17.5. The van der Waals surface area contributed by atoms with Gasteiger partial charge in [-0.15, -0.1) is 0 Å². The van der Waals surface area contributed by atoms with Gasteiger partial charge >= 0.3 is 5.97 Å². The van der Waals surface area contributed by atoms with Crippen LogP contribution in [0.2, 0.25) is 0 Å². The Morgan fingerprint density at radius 3 is 2.25 bits per heavy atom. The van der Waals surface area contributed by atoms with E-state index in [0.717, 1.165) is 12.1 Å². The van der Waals surface area contributed by atoms with E-state index in [4.69, 9.17) is 4.74 Å². The Bertz CT molecular complexity index is 713. The van der Waals surface area contributed by atoms with Gasteiger partial charge in [-0.2, -0.15) is 0 Å². The van der Waals surface area contributed by atoms with E-state index in [-0.39, 0.29) is 18.8 Å². The molecule has 0 aliphatic carbocycles. The van der Waals surface area contributed by atoms with Crippen LogP contribution in [-0.4, -0.2) is 25.0 Å². The van der Waals surface area contributed by atoms with Crippen molar-refractivity contribution in [2.24, 2.45) is 0 Å². The van der Waals surface area contributed by atoms with Gasteiger partial charge in [-0.05, 0) is 43.3 Å². The lowest BCUT2D eigenvalue weighted by atomic mass is 10.2. The van der Waals surface area contributed by atoms with Gasteiger partial charge in [0.1, 0.15) is 17.3 Å². The lowest BCUT2D eigenvalue weighted by molar-refractivity contribution is -0.114. The number of hydrogen-bond donors (Lipinski definition) is 2. The van der Waals surface area contributed by atoms with E-state index < -0.39 is 23.5 Å². The second-order valence-electron chi connectivity index (χ2n) is 4.80. The average molecular weight is 334 g/mol. The van der Waals surface area contributed by atoms with Crippen molar-refractivity contribution in [3.8, 4) is 0 Å². The van der Waals surface area contributed by atoms with Crippen molar-refractivity contribution in [2.45, 2.75) is 6.92 Å². The predicted molar refractivity (Wildman–Crippen MR) is 85.9 cm³/mol. The van der Waals surface area contributed by atoms with E-state index in [1.54, 1.807) is 6.92 Å². The molecule has 0 saturated carbocycles. The molecule has 1 amide bonds. The van der Waals surface area contributed by atoms with Crippen molar-refractivity contribution in [1.82, 2.24) is 0 Å². The first kappa shape index (κ1) is 17.4. The second-order valence-corrected chi connectivity index (χ2v) is 4.80. The van der Waals surface area contributed by atoms with Crippen molar-refractivity contribution in [3.63, 3.8) is 0 Å². The van der Waals surface area contributed by atoms with Crippen LogP contribution in [0.5, 0.6) is 0 Å². The molecule has 0 radical (unpaired) electrons. The third-order valence-corrected chi connectivity index (χ3v) is 3.07. The summed E-state index contributed by atoms with van der Waals surface area (Å²) >= 11 is 0. The fourth-order valence-corrected chi connectivity index (χ4v) is 1.94. The van der Waals surface area contributed by atoms with E-state index in [1.165, 1.54) is 30.3 Å². The Labute approximate surface area is 137 Å². The standard InChI is InChI=1S/C17H16F2N2O3/c1-2-24-17(23)11-6-8-12(9-7-11)21-15(22)10-20-16-13(18)4-3-5-14(16)19/h3-9,20H,2,10H2,1H3,(H,21,22). The van der Waals surface area contributed by atoms with Crippen molar-refractivity contribution in [3.05, 3.63) is 59.7 Å². The molecule has 24 heavy (non-hydrogen) atoms. The highest BCUT2D eigenvalue weighted by Crippen LogP contribution is 2.17. The first-order valence-electron chi connectivity index (χ1n) is 7.26. The normalized spacial score (nSPS) is 10.1. The second kappa shape index (κ2) is 8.05. The molecule has 7 heteroatoms. The number of ether oxygens (including phenoxy) is 1. The minimum absolute atomic E-state index is 0.273. The van der Waals surface area contributed by atoms with Gasteiger partial charge in [0.05, 0.1) is 18.7 Å². The van der Waals surface area contributed by atoms with Crippen LogP contribution in [0, 0.1) is 11.6 Å². The molecule has 126 valence electrons. The third-order valence-electron chi connectivity index (χ3n) is 3.07. The van der Waals surface area contributed by atoms with E-state index in [9.17, 15) is 18.4 Å². The van der Waals surface area contributed by atoms with Crippen LogP contribution in [0.3, 0.4) is 0 Å². The largest absolute Gasteiger partial charge is 0.462 e. The monoisotopic (exact) mass is 334 g/mol. The molecule has 2 aromatic carbocycles. The van der Waals surface area contributed by atoms with Crippen molar-refractivity contribution < 1.29 is 23.1 Å². The number of para-hydroxylation sites is 1. The number of benzene rings is 2. The molecule has 0 unspecified atom stereocenters. The summed E-state index contributed by atoms with van der Waals surface area (Å²) in [7, 11) is 0. The zero-order valence-corrected chi connectivity index (χ0v) is 12.9. The van der Waals surface area contributed by atoms with Crippen LogP contribution < -0.4 is 10.6 Å². The van der Waals surface area contributed by atoms with Crippen LogP contribution in [0.25, 0.3) is 0 Å². The lowest BCUT2D eigenvalue weighted by Gasteiger charge is -2.09. The van der Waals surface area contributed by atoms with E-state index in [2.05, 4.69) is 10.6 Å². The van der Waals surface area contributed by atoms with Gasteiger partial charge in [0.2, 0.25) is 5.91 Å². The summed E-state index contributed by atoms with van der Waals surface area (Å²) in [6, 6.07) is 9.52. The van der Waals surface area contributed by atoms with Crippen molar-refractivity contribution in [1.29, 1.82) is 0 Å². The van der Waals surface area contributed by atoms with Crippen molar-refractivity contribution >= 4 is 23.3 Å². The van der Waals surface area contributed by atoms with Gasteiger partial charge in [0.15, 0.2) is 0 Å². The number of carbonyl (C=O) groups excluding carboxylic acids is 2. The summed E-state index contributed by atoms with van der Waals surface area (Å²) in [6.45, 7) is 1.67. The molecule has 2 N–H and O–H groups in total. The Morgan fingerprint density at radius 1 is 1.04 bits per heavy atom. The molecule has 2 rings (SSSR count). The number of rotatable bonds is 6. The summed E-state index contributed by atoms with van der Waals surface area (Å²) < 4.78 is 31.7. The van der Waals surface area contributed by atoms with Gasteiger partial charge in [-0.25, -0.2) is 13.6 Å². The summed E-state index contributed by atoms with van der Waals surface area (Å²) in [5.41, 5.74) is 0.454. The molecular formula is C17H16F2N2O3. The maximum Gasteiger partial charge on any atom is 0.338 e. The quantitative estimate of drug-likeness (QED) is 0.796. The number of amides is 1. The van der Waals surface area contributed by atoms with Crippen LogP contribution in [0.15, 0.2) is 42.5 Å². The fourth-order valence-electron chi connectivity index (χ4n) is 1.94. The van der Waals surface area contributed by atoms with Crippen LogP contribution in [-0.2, 0) is 9.53 Å². The highest BCUT2D eigenvalue weighted by molar-refractivity contribution is 5.95. The number of carbonyl (C=O) groups is 2. The number of nitrogens with one attached hydrogen (secondary N) is 2. The maximum atomic E-state index is 13.4. The number of halogens is 2.